The summed E-state index contributed by atoms with van der Waals surface area (Å²) in [6.07, 6.45) is 4.52. The fourth-order valence-electron chi connectivity index (χ4n) is 2.14. The van der Waals surface area contributed by atoms with Gasteiger partial charge in [-0.05, 0) is 19.3 Å². The molecule has 1 rings (SSSR count). The third-order valence-corrected chi connectivity index (χ3v) is 3.06. The van der Waals surface area contributed by atoms with E-state index in [1.165, 1.54) is 0 Å². The lowest BCUT2D eigenvalue weighted by molar-refractivity contribution is -0.123. The van der Waals surface area contributed by atoms with E-state index in [-0.39, 0.29) is 24.5 Å². The minimum atomic E-state index is 0.0430. The molecule has 0 radical (unpaired) electrons. The molecule has 0 aliphatic heterocycles. The second-order valence-electron chi connectivity index (χ2n) is 4.41. The number of rotatable bonds is 7. The molecule has 1 aliphatic rings. The van der Waals surface area contributed by atoms with Crippen LogP contribution in [0.3, 0.4) is 0 Å². The highest BCUT2D eigenvalue weighted by Crippen LogP contribution is 2.24. The van der Waals surface area contributed by atoms with E-state index >= 15 is 0 Å². The number of carbonyl (C=O) groups excluding carboxylic acids is 1. The van der Waals surface area contributed by atoms with E-state index < -0.39 is 0 Å². The number of carbonyl (C=O) groups is 1. The Morgan fingerprint density at radius 3 is 2.94 bits per heavy atom. The van der Waals surface area contributed by atoms with Gasteiger partial charge in [0.05, 0.1) is 6.61 Å². The summed E-state index contributed by atoms with van der Waals surface area (Å²) < 4.78 is 5.26. The zero-order valence-electron chi connectivity index (χ0n) is 10.1. The maximum atomic E-state index is 11.6. The Kier molecular flexibility index (Phi) is 6.42. The third kappa shape index (κ3) is 4.49. The molecular weight excluding hydrogens is 206 g/mol. The highest BCUT2D eigenvalue weighted by molar-refractivity contribution is 5.76. The van der Waals surface area contributed by atoms with Crippen LogP contribution in [-0.4, -0.2) is 36.9 Å². The predicted octanol–water partition coefficient (Wildman–Crippen LogP) is 1.08. The second-order valence-corrected chi connectivity index (χ2v) is 4.41. The molecule has 4 heteroatoms. The molecule has 2 N–H and O–H groups in total. The highest BCUT2D eigenvalue weighted by Gasteiger charge is 2.27. The van der Waals surface area contributed by atoms with Crippen LogP contribution in [0.1, 0.15) is 39.0 Å². The molecule has 0 aromatic carbocycles. The molecule has 0 bridgehead atoms. The lowest BCUT2D eigenvalue weighted by Gasteiger charge is -2.18. The van der Waals surface area contributed by atoms with Gasteiger partial charge < -0.3 is 15.2 Å². The predicted molar refractivity (Wildman–Crippen MR) is 62.1 cm³/mol. The van der Waals surface area contributed by atoms with Gasteiger partial charge >= 0.3 is 0 Å². The van der Waals surface area contributed by atoms with Crippen LogP contribution in [0.2, 0.25) is 0 Å². The monoisotopic (exact) mass is 229 g/mol. The van der Waals surface area contributed by atoms with Crippen molar-refractivity contribution < 1.29 is 14.6 Å². The summed E-state index contributed by atoms with van der Waals surface area (Å²) in [7, 11) is 0. The molecule has 1 aliphatic carbocycles. The van der Waals surface area contributed by atoms with Gasteiger partial charge in [0.15, 0.2) is 0 Å². The highest BCUT2D eigenvalue weighted by atomic mass is 16.5. The molecule has 2 atom stereocenters. The zero-order valence-corrected chi connectivity index (χ0v) is 10.1. The van der Waals surface area contributed by atoms with E-state index in [1.807, 2.05) is 6.92 Å². The van der Waals surface area contributed by atoms with Crippen LogP contribution < -0.4 is 5.32 Å². The molecule has 0 heterocycles. The van der Waals surface area contributed by atoms with Gasteiger partial charge in [0.1, 0.15) is 0 Å². The number of aliphatic hydroxyl groups excluding tert-OH is 1. The molecule has 4 nitrogen and oxygen atoms in total. The Balaban J connectivity index is 2.13. The summed E-state index contributed by atoms with van der Waals surface area (Å²) in [6.45, 7) is 3.44. The number of aliphatic hydroxyl groups is 1. The van der Waals surface area contributed by atoms with Gasteiger partial charge in [0, 0.05) is 31.6 Å². The summed E-state index contributed by atoms with van der Waals surface area (Å²) in [4.78, 5) is 11.6. The van der Waals surface area contributed by atoms with E-state index in [0.29, 0.717) is 13.0 Å². The summed E-state index contributed by atoms with van der Waals surface area (Å²) in [5, 5.41) is 12.1. The minimum Gasteiger partial charge on any atom is -0.396 e. The summed E-state index contributed by atoms with van der Waals surface area (Å²) >= 11 is 0. The van der Waals surface area contributed by atoms with E-state index in [4.69, 9.17) is 9.84 Å². The number of amides is 1. The standard InChI is InChI=1S/C12H23NO3/c1-2-7-16-8-6-12(15)13-11-5-3-4-10(11)9-14/h10-11,14H,2-9H2,1H3,(H,13,15). The van der Waals surface area contributed by atoms with Crippen molar-refractivity contribution in [1.82, 2.24) is 5.32 Å². The fraction of sp³-hybridized carbons (Fsp3) is 0.917. The van der Waals surface area contributed by atoms with Crippen LogP contribution >= 0.6 is 0 Å². The maximum Gasteiger partial charge on any atom is 0.222 e. The quantitative estimate of drug-likeness (QED) is 0.642. The Morgan fingerprint density at radius 1 is 1.44 bits per heavy atom. The molecule has 0 aromatic rings. The largest absolute Gasteiger partial charge is 0.396 e. The van der Waals surface area contributed by atoms with Crippen LogP contribution in [0, 0.1) is 5.92 Å². The molecule has 0 aromatic heterocycles. The first-order valence-corrected chi connectivity index (χ1v) is 6.26. The van der Waals surface area contributed by atoms with Crippen molar-refractivity contribution in [2.45, 2.75) is 45.1 Å². The molecule has 1 saturated carbocycles. The summed E-state index contributed by atoms with van der Waals surface area (Å²) in [6, 6.07) is 0.170. The smallest absolute Gasteiger partial charge is 0.222 e. The van der Waals surface area contributed by atoms with Gasteiger partial charge in [-0.1, -0.05) is 13.3 Å². The third-order valence-electron chi connectivity index (χ3n) is 3.06. The average Bonchev–Trinajstić information content (AvgIpc) is 2.71. The average molecular weight is 229 g/mol. The topological polar surface area (TPSA) is 58.6 Å². The zero-order chi connectivity index (χ0) is 11.8. The summed E-state index contributed by atoms with van der Waals surface area (Å²) in [5.41, 5.74) is 0. The number of nitrogens with one attached hydrogen (secondary N) is 1. The SMILES string of the molecule is CCCOCCC(=O)NC1CCCC1CO. The van der Waals surface area contributed by atoms with Crippen molar-refractivity contribution in [3.63, 3.8) is 0 Å². The minimum absolute atomic E-state index is 0.0430. The van der Waals surface area contributed by atoms with Gasteiger partial charge in [-0.3, -0.25) is 4.79 Å². The van der Waals surface area contributed by atoms with Crippen LogP contribution in [0.4, 0.5) is 0 Å². The van der Waals surface area contributed by atoms with Gasteiger partial charge in [-0.2, -0.15) is 0 Å². The fourth-order valence-corrected chi connectivity index (χ4v) is 2.14. The first kappa shape index (κ1) is 13.5. The summed E-state index contributed by atoms with van der Waals surface area (Å²) in [5.74, 6) is 0.293. The molecule has 0 spiro atoms. The van der Waals surface area contributed by atoms with E-state index in [9.17, 15) is 4.79 Å². The van der Waals surface area contributed by atoms with Crippen molar-refractivity contribution in [3.05, 3.63) is 0 Å². The van der Waals surface area contributed by atoms with Crippen LogP contribution in [0.25, 0.3) is 0 Å². The number of hydrogen-bond donors (Lipinski definition) is 2. The molecular formula is C12H23NO3. The molecule has 16 heavy (non-hydrogen) atoms. The Hall–Kier alpha value is -0.610. The molecule has 2 unspecified atom stereocenters. The van der Waals surface area contributed by atoms with E-state index in [1.54, 1.807) is 0 Å². The van der Waals surface area contributed by atoms with Gasteiger partial charge in [-0.25, -0.2) is 0 Å². The van der Waals surface area contributed by atoms with Crippen molar-refractivity contribution in [1.29, 1.82) is 0 Å². The molecule has 1 fully saturated rings. The van der Waals surface area contributed by atoms with Crippen molar-refractivity contribution in [2.24, 2.45) is 5.92 Å². The van der Waals surface area contributed by atoms with E-state index in [0.717, 1.165) is 32.3 Å². The van der Waals surface area contributed by atoms with Gasteiger partial charge in [0.2, 0.25) is 5.91 Å². The Morgan fingerprint density at radius 2 is 2.25 bits per heavy atom. The van der Waals surface area contributed by atoms with Gasteiger partial charge in [-0.15, -0.1) is 0 Å². The van der Waals surface area contributed by atoms with E-state index in [2.05, 4.69) is 5.32 Å². The first-order valence-electron chi connectivity index (χ1n) is 6.26. The molecule has 94 valence electrons. The Labute approximate surface area is 97.4 Å². The van der Waals surface area contributed by atoms with Crippen molar-refractivity contribution in [3.8, 4) is 0 Å². The number of ether oxygens (including phenoxy) is 1. The van der Waals surface area contributed by atoms with Crippen molar-refractivity contribution >= 4 is 5.91 Å². The van der Waals surface area contributed by atoms with Crippen LogP contribution in [-0.2, 0) is 9.53 Å². The lowest BCUT2D eigenvalue weighted by Crippen LogP contribution is -2.38. The maximum absolute atomic E-state index is 11.6. The van der Waals surface area contributed by atoms with Gasteiger partial charge in [0.25, 0.3) is 0 Å². The molecule has 1 amide bonds. The van der Waals surface area contributed by atoms with Crippen molar-refractivity contribution in [2.75, 3.05) is 19.8 Å². The van der Waals surface area contributed by atoms with Crippen LogP contribution in [0.5, 0.6) is 0 Å². The normalized spacial score (nSPS) is 24.6. The lowest BCUT2D eigenvalue weighted by atomic mass is 10.1. The molecule has 0 saturated heterocycles. The second kappa shape index (κ2) is 7.63. The van der Waals surface area contributed by atoms with Crippen LogP contribution in [0.15, 0.2) is 0 Å². The first-order chi connectivity index (χ1) is 7.77. The Bertz CT molecular complexity index is 208. The number of hydrogen-bond acceptors (Lipinski definition) is 3.